The standard InChI is InChI=1S/C12H14FN5/c13-11-3-1-2-9(6-11)8-18-16-12(15-17-18)10-4-5-14-7-10/h1-3,6,10,14H,4-5,7-8H2. The number of nitrogens with one attached hydrogen (secondary N) is 1. The van der Waals surface area contributed by atoms with Gasteiger partial charge in [-0.05, 0) is 35.9 Å². The maximum Gasteiger partial charge on any atom is 0.179 e. The molecule has 3 rings (SSSR count). The molecule has 0 amide bonds. The second-order valence-corrected chi connectivity index (χ2v) is 4.50. The van der Waals surface area contributed by atoms with Crippen LogP contribution in [0.1, 0.15) is 23.7 Å². The molecule has 5 nitrogen and oxygen atoms in total. The van der Waals surface area contributed by atoms with Crippen LogP contribution in [0.2, 0.25) is 0 Å². The Balaban J connectivity index is 1.73. The number of tetrazole rings is 1. The zero-order chi connectivity index (χ0) is 12.4. The minimum atomic E-state index is -0.243. The summed E-state index contributed by atoms with van der Waals surface area (Å²) in [5.41, 5.74) is 0.837. The number of hydrogen-bond acceptors (Lipinski definition) is 4. The average Bonchev–Trinajstić information content (AvgIpc) is 2.98. The quantitative estimate of drug-likeness (QED) is 0.877. The van der Waals surface area contributed by atoms with Crippen molar-refractivity contribution in [2.75, 3.05) is 13.1 Å². The highest BCUT2D eigenvalue weighted by molar-refractivity contribution is 5.16. The zero-order valence-corrected chi connectivity index (χ0v) is 9.88. The van der Waals surface area contributed by atoms with Gasteiger partial charge >= 0.3 is 0 Å². The largest absolute Gasteiger partial charge is 0.316 e. The molecule has 6 heteroatoms. The molecular formula is C12H14FN5. The number of benzene rings is 1. The Morgan fingerprint density at radius 3 is 3.17 bits per heavy atom. The Morgan fingerprint density at radius 2 is 2.39 bits per heavy atom. The lowest BCUT2D eigenvalue weighted by Crippen LogP contribution is -2.09. The topological polar surface area (TPSA) is 55.6 Å². The first-order valence-electron chi connectivity index (χ1n) is 6.04. The first-order valence-corrected chi connectivity index (χ1v) is 6.04. The summed E-state index contributed by atoms with van der Waals surface area (Å²) in [6.07, 6.45) is 1.05. The highest BCUT2D eigenvalue weighted by Gasteiger charge is 2.21. The van der Waals surface area contributed by atoms with Gasteiger partial charge in [0, 0.05) is 12.5 Å². The molecule has 0 aliphatic carbocycles. The van der Waals surface area contributed by atoms with Gasteiger partial charge < -0.3 is 5.32 Å². The molecular weight excluding hydrogens is 233 g/mol. The van der Waals surface area contributed by atoms with Crippen LogP contribution in [0.5, 0.6) is 0 Å². The summed E-state index contributed by atoms with van der Waals surface area (Å²) in [6, 6.07) is 6.45. The smallest absolute Gasteiger partial charge is 0.179 e. The van der Waals surface area contributed by atoms with Gasteiger partial charge in [-0.1, -0.05) is 12.1 Å². The van der Waals surface area contributed by atoms with Crippen molar-refractivity contribution in [3.05, 3.63) is 41.5 Å². The monoisotopic (exact) mass is 247 g/mol. The van der Waals surface area contributed by atoms with E-state index in [0.717, 1.165) is 30.9 Å². The van der Waals surface area contributed by atoms with E-state index in [0.29, 0.717) is 12.5 Å². The Labute approximate surface area is 104 Å². The van der Waals surface area contributed by atoms with Gasteiger partial charge in [0.25, 0.3) is 0 Å². The summed E-state index contributed by atoms with van der Waals surface area (Å²) in [4.78, 5) is 1.52. The van der Waals surface area contributed by atoms with Crippen molar-refractivity contribution in [2.24, 2.45) is 0 Å². The highest BCUT2D eigenvalue weighted by Crippen LogP contribution is 2.17. The number of nitrogens with zero attached hydrogens (tertiary/aromatic N) is 4. The van der Waals surface area contributed by atoms with Gasteiger partial charge in [0.2, 0.25) is 0 Å². The van der Waals surface area contributed by atoms with Crippen molar-refractivity contribution in [1.29, 1.82) is 0 Å². The lowest BCUT2D eigenvalue weighted by atomic mass is 10.1. The van der Waals surface area contributed by atoms with E-state index in [1.165, 1.54) is 16.9 Å². The fourth-order valence-electron chi connectivity index (χ4n) is 2.16. The van der Waals surface area contributed by atoms with Crippen molar-refractivity contribution >= 4 is 0 Å². The van der Waals surface area contributed by atoms with Gasteiger partial charge in [-0.3, -0.25) is 0 Å². The first-order chi connectivity index (χ1) is 8.81. The summed E-state index contributed by atoms with van der Waals surface area (Å²) in [7, 11) is 0. The van der Waals surface area contributed by atoms with Crippen LogP contribution in [0.3, 0.4) is 0 Å². The SMILES string of the molecule is Fc1cccc(Cn2nnc(C3CCNC3)n2)c1. The van der Waals surface area contributed by atoms with E-state index < -0.39 is 0 Å². The van der Waals surface area contributed by atoms with Crippen LogP contribution in [0, 0.1) is 5.82 Å². The third kappa shape index (κ3) is 2.38. The Hall–Kier alpha value is -1.82. The number of halogens is 1. The summed E-state index contributed by atoms with van der Waals surface area (Å²) < 4.78 is 13.0. The molecule has 0 spiro atoms. The molecule has 1 N–H and O–H groups in total. The Bertz CT molecular complexity index is 533. The summed E-state index contributed by atoms with van der Waals surface area (Å²) >= 11 is 0. The Kier molecular flexibility index (Phi) is 3.02. The molecule has 2 heterocycles. The van der Waals surface area contributed by atoms with Crippen molar-refractivity contribution < 1.29 is 4.39 Å². The zero-order valence-electron chi connectivity index (χ0n) is 9.88. The average molecular weight is 247 g/mol. The van der Waals surface area contributed by atoms with Crippen molar-refractivity contribution in [2.45, 2.75) is 18.9 Å². The maximum atomic E-state index is 13.0. The third-order valence-electron chi connectivity index (χ3n) is 3.11. The van der Waals surface area contributed by atoms with E-state index >= 15 is 0 Å². The number of rotatable bonds is 3. The second-order valence-electron chi connectivity index (χ2n) is 4.50. The summed E-state index contributed by atoms with van der Waals surface area (Å²) in [5.74, 6) is 0.885. The molecule has 1 aromatic carbocycles. The first kappa shape index (κ1) is 11.3. The molecule has 0 saturated carbocycles. The molecule has 18 heavy (non-hydrogen) atoms. The highest BCUT2D eigenvalue weighted by atomic mass is 19.1. The maximum absolute atomic E-state index is 13.0. The fourth-order valence-corrected chi connectivity index (χ4v) is 2.16. The molecule has 1 aromatic heterocycles. The van der Waals surface area contributed by atoms with Crippen LogP contribution in [0.15, 0.2) is 24.3 Å². The van der Waals surface area contributed by atoms with E-state index in [4.69, 9.17) is 0 Å². The molecule has 1 atom stereocenters. The van der Waals surface area contributed by atoms with Crippen LogP contribution in [-0.2, 0) is 6.54 Å². The molecule has 1 unspecified atom stereocenters. The van der Waals surface area contributed by atoms with E-state index in [-0.39, 0.29) is 5.82 Å². The van der Waals surface area contributed by atoms with Crippen LogP contribution >= 0.6 is 0 Å². The fraction of sp³-hybridized carbons (Fsp3) is 0.417. The molecule has 1 fully saturated rings. The normalized spacial score (nSPS) is 19.3. The molecule has 1 aliphatic heterocycles. The summed E-state index contributed by atoms with van der Waals surface area (Å²) in [5, 5.41) is 15.7. The molecule has 1 saturated heterocycles. The second kappa shape index (κ2) is 4.81. The third-order valence-corrected chi connectivity index (χ3v) is 3.11. The minimum absolute atomic E-state index is 0.243. The van der Waals surface area contributed by atoms with Gasteiger partial charge in [-0.25, -0.2) is 4.39 Å². The number of hydrogen-bond donors (Lipinski definition) is 1. The van der Waals surface area contributed by atoms with Gasteiger partial charge in [0.05, 0.1) is 6.54 Å². The van der Waals surface area contributed by atoms with Gasteiger partial charge in [-0.15, -0.1) is 10.2 Å². The van der Waals surface area contributed by atoms with E-state index in [1.807, 2.05) is 6.07 Å². The van der Waals surface area contributed by atoms with Gasteiger partial charge in [0.15, 0.2) is 5.82 Å². The lowest BCUT2D eigenvalue weighted by Gasteiger charge is -2.01. The van der Waals surface area contributed by atoms with E-state index in [1.54, 1.807) is 6.07 Å². The lowest BCUT2D eigenvalue weighted by molar-refractivity contribution is 0.561. The number of aromatic nitrogens is 4. The van der Waals surface area contributed by atoms with Crippen LogP contribution in [-0.4, -0.2) is 33.3 Å². The molecule has 1 aliphatic rings. The predicted octanol–water partition coefficient (Wildman–Crippen LogP) is 0.937. The molecule has 94 valence electrons. The van der Waals surface area contributed by atoms with Crippen molar-refractivity contribution in [3.8, 4) is 0 Å². The Morgan fingerprint density at radius 1 is 1.44 bits per heavy atom. The van der Waals surface area contributed by atoms with Crippen molar-refractivity contribution in [3.63, 3.8) is 0 Å². The predicted molar refractivity (Wildman–Crippen MR) is 63.5 cm³/mol. The van der Waals surface area contributed by atoms with Gasteiger partial charge in [0.1, 0.15) is 5.82 Å². The molecule has 2 aromatic rings. The van der Waals surface area contributed by atoms with Crippen molar-refractivity contribution in [1.82, 2.24) is 25.5 Å². The van der Waals surface area contributed by atoms with Crippen LogP contribution in [0.4, 0.5) is 4.39 Å². The van der Waals surface area contributed by atoms with E-state index in [9.17, 15) is 4.39 Å². The van der Waals surface area contributed by atoms with Crippen LogP contribution in [0.25, 0.3) is 0 Å². The summed E-state index contributed by atoms with van der Waals surface area (Å²) in [6.45, 7) is 2.36. The van der Waals surface area contributed by atoms with Crippen LogP contribution < -0.4 is 5.32 Å². The van der Waals surface area contributed by atoms with Gasteiger partial charge in [-0.2, -0.15) is 4.80 Å². The molecule has 0 radical (unpaired) electrons. The molecule has 0 bridgehead atoms. The minimum Gasteiger partial charge on any atom is -0.316 e. The van der Waals surface area contributed by atoms with E-state index in [2.05, 4.69) is 20.7 Å².